The Morgan fingerprint density at radius 1 is 1.32 bits per heavy atom. The van der Waals surface area contributed by atoms with Gasteiger partial charge in [-0.05, 0) is 51.5 Å². The molecule has 0 radical (unpaired) electrons. The average Bonchev–Trinajstić information content (AvgIpc) is 2.45. The Bertz CT molecular complexity index is 644. The number of benzene rings is 1. The van der Waals surface area contributed by atoms with Crippen molar-refractivity contribution in [3.05, 3.63) is 34.3 Å². The predicted molar refractivity (Wildman–Crippen MR) is 91.5 cm³/mol. The van der Waals surface area contributed by atoms with Gasteiger partial charge in [-0.1, -0.05) is 11.6 Å². The summed E-state index contributed by atoms with van der Waals surface area (Å²) in [6.07, 6.45) is -4.85. The molecule has 1 aromatic rings. The predicted octanol–water partition coefficient (Wildman–Crippen LogP) is 4.40. The second kappa shape index (κ2) is 8.51. The minimum absolute atomic E-state index is 0.0423. The second-order valence-corrected chi connectivity index (χ2v) is 8.70. The van der Waals surface area contributed by atoms with E-state index in [-0.39, 0.29) is 23.6 Å². The Morgan fingerprint density at radius 3 is 2.40 bits per heavy atom. The first-order chi connectivity index (χ1) is 11.4. The molecule has 4 nitrogen and oxygen atoms in total. The number of ether oxygens (including phenoxy) is 1. The van der Waals surface area contributed by atoms with Gasteiger partial charge in [0.2, 0.25) is 0 Å². The molecule has 0 spiro atoms. The van der Waals surface area contributed by atoms with Crippen LogP contribution in [0.1, 0.15) is 51.3 Å². The highest BCUT2D eigenvalue weighted by Gasteiger charge is 2.33. The Morgan fingerprint density at radius 2 is 1.92 bits per heavy atom. The van der Waals surface area contributed by atoms with Crippen LogP contribution in [0.25, 0.3) is 0 Å². The van der Waals surface area contributed by atoms with E-state index in [9.17, 15) is 22.2 Å². The van der Waals surface area contributed by atoms with Gasteiger partial charge in [0.25, 0.3) is 0 Å². The van der Waals surface area contributed by atoms with Gasteiger partial charge in [-0.3, -0.25) is 4.79 Å². The molecule has 0 saturated heterocycles. The van der Waals surface area contributed by atoms with Crippen molar-refractivity contribution in [2.45, 2.75) is 51.1 Å². The Labute approximate surface area is 152 Å². The van der Waals surface area contributed by atoms with E-state index in [1.54, 1.807) is 27.7 Å². The molecule has 0 bridgehead atoms. The van der Waals surface area contributed by atoms with Gasteiger partial charge in [-0.25, -0.2) is 8.93 Å². The van der Waals surface area contributed by atoms with Gasteiger partial charge < -0.3 is 4.74 Å². The van der Waals surface area contributed by atoms with E-state index in [2.05, 4.69) is 4.72 Å². The highest BCUT2D eigenvalue weighted by atomic mass is 35.5. The largest absolute Gasteiger partial charge is 0.466 e. The van der Waals surface area contributed by atoms with E-state index in [0.29, 0.717) is 0 Å². The zero-order chi connectivity index (χ0) is 19.4. The molecule has 0 aliphatic rings. The highest BCUT2D eigenvalue weighted by Crippen LogP contribution is 2.35. The van der Waals surface area contributed by atoms with Crippen molar-refractivity contribution >= 4 is 28.6 Å². The number of carbonyl (C=O) groups excluding carboxylic acids is 1. The van der Waals surface area contributed by atoms with Gasteiger partial charge in [0.1, 0.15) is 0 Å². The van der Waals surface area contributed by atoms with Crippen molar-refractivity contribution in [3.63, 3.8) is 0 Å². The third-order valence-electron chi connectivity index (χ3n) is 3.18. The van der Waals surface area contributed by atoms with Crippen LogP contribution in [0.3, 0.4) is 0 Å². The van der Waals surface area contributed by atoms with E-state index >= 15 is 0 Å². The van der Waals surface area contributed by atoms with Crippen LogP contribution in [0.5, 0.6) is 0 Å². The monoisotopic (exact) mass is 399 g/mol. The fourth-order valence-electron chi connectivity index (χ4n) is 1.89. The zero-order valence-corrected chi connectivity index (χ0v) is 15.9. The topological polar surface area (TPSA) is 55.4 Å². The summed E-state index contributed by atoms with van der Waals surface area (Å²) in [5.74, 6) is -0.626. The fourth-order valence-corrected chi connectivity index (χ4v) is 2.97. The van der Waals surface area contributed by atoms with Gasteiger partial charge in [0, 0.05) is 5.02 Å². The van der Waals surface area contributed by atoms with E-state index in [1.807, 2.05) is 0 Å². The van der Waals surface area contributed by atoms with Crippen LogP contribution >= 0.6 is 11.6 Å². The van der Waals surface area contributed by atoms with Crippen LogP contribution in [0.4, 0.5) is 13.2 Å². The number of hydrogen-bond acceptors (Lipinski definition) is 3. The molecule has 0 heterocycles. The van der Waals surface area contributed by atoms with Gasteiger partial charge in [-0.2, -0.15) is 13.2 Å². The molecule has 0 saturated carbocycles. The molecular weight excluding hydrogens is 379 g/mol. The summed E-state index contributed by atoms with van der Waals surface area (Å²) in [6, 6.07) is 1.85. The number of halogens is 4. The van der Waals surface area contributed by atoms with E-state index < -0.39 is 39.5 Å². The maximum absolute atomic E-state index is 13.0. The van der Waals surface area contributed by atoms with Crippen LogP contribution in [0.2, 0.25) is 5.02 Å². The number of nitrogens with one attached hydrogen (secondary N) is 1. The third-order valence-corrected chi connectivity index (χ3v) is 5.14. The molecule has 0 unspecified atom stereocenters. The lowest BCUT2D eigenvalue weighted by atomic mass is 10.0. The standard InChI is InChI=1S/C16H21ClF3NO3S/c1-5-24-14(22)9-13(21-25(23)15(2,3)4)11-8-10(16(18,19)20)6-7-12(11)17/h6-8,13,21H,5,9H2,1-4H3/t13-,25+/m0/s1. The molecule has 9 heteroatoms. The maximum atomic E-state index is 13.0. The van der Waals surface area contributed by atoms with Crippen LogP contribution in [-0.4, -0.2) is 21.5 Å². The van der Waals surface area contributed by atoms with Crippen molar-refractivity contribution < 1.29 is 26.9 Å². The Kier molecular flexibility index (Phi) is 7.46. The smallest absolute Gasteiger partial charge is 0.416 e. The SMILES string of the molecule is CCOC(=O)C[C@H](N[S@](=O)C(C)(C)C)c1cc(C(F)(F)F)ccc1Cl. The summed E-state index contributed by atoms with van der Waals surface area (Å²) in [6.45, 7) is 6.84. The van der Waals surface area contributed by atoms with E-state index in [4.69, 9.17) is 16.3 Å². The minimum atomic E-state index is -4.56. The van der Waals surface area contributed by atoms with Gasteiger partial charge >= 0.3 is 12.1 Å². The van der Waals surface area contributed by atoms with Crippen molar-refractivity contribution in [3.8, 4) is 0 Å². The van der Waals surface area contributed by atoms with Gasteiger partial charge in [0.05, 0.1) is 40.4 Å². The first kappa shape index (κ1) is 21.9. The van der Waals surface area contributed by atoms with Crippen LogP contribution in [-0.2, 0) is 26.7 Å². The fraction of sp³-hybridized carbons (Fsp3) is 0.562. The quantitative estimate of drug-likeness (QED) is 0.721. The van der Waals surface area contributed by atoms with Crippen LogP contribution in [0, 0.1) is 0 Å². The summed E-state index contributed by atoms with van der Waals surface area (Å²) < 4.78 is 58.2. The Hall–Kier alpha value is -1.12. The second-order valence-electron chi connectivity index (χ2n) is 6.29. The molecule has 1 N–H and O–H groups in total. The molecule has 0 amide bonds. The first-order valence-electron chi connectivity index (χ1n) is 7.56. The molecule has 0 aliphatic heterocycles. The molecule has 142 valence electrons. The molecule has 0 aromatic heterocycles. The number of carbonyl (C=O) groups is 1. The molecule has 0 fully saturated rings. The van der Waals surface area contributed by atoms with Gasteiger partial charge in [-0.15, -0.1) is 0 Å². The molecule has 1 rings (SSSR count). The molecule has 25 heavy (non-hydrogen) atoms. The summed E-state index contributed by atoms with van der Waals surface area (Å²) >= 11 is 6.04. The molecule has 0 aliphatic carbocycles. The lowest BCUT2D eigenvalue weighted by molar-refractivity contribution is -0.143. The molecule has 2 atom stereocenters. The molecular formula is C16H21ClF3NO3S. The van der Waals surface area contributed by atoms with E-state index in [0.717, 1.165) is 18.2 Å². The van der Waals surface area contributed by atoms with Crippen molar-refractivity contribution in [2.24, 2.45) is 0 Å². The number of esters is 1. The van der Waals surface area contributed by atoms with Crippen LogP contribution in [0.15, 0.2) is 18.2 Å². The van der Waals surface area contributed by atoms with Crippen LogP contribution < -0.4 is 4.72 Å². The first-order valence-corrected chi connectivity index (χ1v) is 9.09. The highest BCUT2D eigenvalue weighted by molar-refractivity contribution is 7.84. The lowest BCUT2D eigenvalue weighted by Gasteiger charge is -2.25. The number of alkyl halides is 3. The van der Waals surface area contributed by atoms with Crippen molar-refractivity contribution in [2.75, 3.05) is 6.61 Å². The van der Waals surface area contributed by atoms with Crippen molar-refractivity contribution in [1.29, 1.82) is 0 Å². The van der Waals surface area contributed by atoms with Crippen molar-refractivity contribution in [1.82, 2.24) is 4.72 Å². The summed E-state index contributed by atoms with van der Waals surface area (Å²) in [5.41, 5.74) is -0.855. The van der Waals surface area contributed by atoms with E-state index in [1.165, 1.54) is 0 Å². The average molecular weight is 400 g/mol. The molecule has 1 aromatic carbocycles. The normalized spacial score (nSPS) is 14.9. The van der Waals surface area contributed by atoms with Gasteiger partial charge in [0.15, 0.2) is 0 Å². The summed E-state index contributed by atoms with van der Waals surface area (Å²) in [5, 5.41) is 0.0423. The maximum Gasteiger partial charge on any atom is 0.416 e. The minimum Gasteiger partial charge on any atom is -0.466 e. The lowest BCUT2D eigenvalue weighted by Crippen LogP contribution is -2.37. The Balaban J connectivity index is 3.26. The third kappa shape index (κ3) is 6.60. The zero-order valence-electron chi connectivity index (χ0n) is 14.4. The number of rotatable bonds is 6. The summed E-state index contributed by atoms with van der Waals surface area (Å²) in [4.78, 5) is 11.8. The summed E-state index contributed by atoms with van der Waals surface area (Å²) in [7, 11) is -1.62. The number of hydrogen-bond donors (Lipinski definition) is 1.